The maximum Gasteiger partial charge on any atom is 0.307 e. The highest BCUT2D eigenvalue weighted by atomic mass is 19.1. The summed E-state index contributed by atoms with van der Waals surface area (Å²) < 4.78 is 34.1. The van der Waals surface area contributed by atoms with Crippen molar-refractivity contribution < 1.29 is 28.5 Å². The predicted molar refractivity (Wildman–Crippen MR) is 143 cm³/mol. The van der Waals surface area contributed by atoms with Gasteiger partial charge < -0.3 is 25.1 Å². The SMILES string of the molecule is C[C@@H](N)c1cccc(-c2cc(CC[C@H]3CCCO3)c3c(c2)C(Oc2ccccc2CC(=O)O)CCO3)c1F. The van der Waals surface area contributed by atoms with Gasteiger partial charge in [0.15, 0.2) is 0 Å². The molecular weight excluding hydrogens is 485 g/mol. The molecule has 3 N–H and O–H groups in total. The number of rotatable bonds is 9. The van der Waals surface area contributed by atoms with Crippen molar-refractivity contribution in [1.82, 2.24) is 0 Å². The van der Waals surface area contributed by atoms with Crippen molar-refractivity contribution in [2.45, 2.75) is 63.7 Å². The summed E-state index contributed by atoms with van der Waals surface area (Å²) in [5.74, 6) is 0.0526. The summed E-state index contributed by atoms with van der Waals surface area (Å²) in [5.41, 5.74) is 10.2. The van der Waals surface area contributed by atoms with Crippen LogP contribution in [0.4, 0.5) is 4.39 Å². The van der Waals surface area contributed by atoms with E-state index in [9.17, 15) is 9.90 Å². The Bertz CT molecular complexity index is 1300. The van der Waals surface area contributed by atoms with Crippen LogP contribution >= 0.6 is 0 Å². The van der Waals surface area contributed by atoms with Crippen LogP contribution in [0.15, 0.2) is 54.6 Å². The monoisotopic (exact) mass is 519 g/mol. The van der Waals surface area contributed by atoms with Gasteiger partial charge in [0.2, 0.25) is 0 Å². The maximum absolute atomic E-state index is 15.6. The molecule has 1 fully saturated rings. The van der Waals surface area contributed by atoms with Gasteiger partial charge in [0, 0.05) is 41.3 Å². The Morgan fingerprint density at radius 3 is 2.74 bits per heavy atom. The Hall–Kier alpha value is -3.42. The molecule has 0 aromatic heterocycles. The number of ether oxygens (including phenoxy) is 3. The van der Waals surface area contributed by atoms with Gasteiger partial charge >= 0.3 is 5.97 Å². The number of halogens is 1. The van der Waals surface area contributed by atoms with Crippen LogP contribution in [0.25, 0.3) is 11.1 Å². The number of hydrogen-bond acceptors (Lipinski definition) is 5. The fraction of sp³-hybridized carbons (Fsp3) is 0.387. The third-order valence-electron chi connectivity index (χ3n) is 7.34. The predicted octanol–water partition coefficient (Wildman–Crippen LogP) is 6.15. The van der Waals surface area contributed by atoms with Crippen LogP contribution in [0.2, 0.25) is 0 Å². The average molecular weight is 520 g/mol. The number of carboxylic acid groups (broad SMARTS) is 1. The highest BCUT2D eigenvalue weighted by Crippen LogP contribution is 2.43. The Kier molecular flexibility index (Phi) is 7.95. The molecule has 2 heterocycles. The first-order valence-corrected chi connectivity index (χ1v) is 13.3. The molecule has 6 nitrogen and oxygen atoms in total. The molecule has 200 valence electrons. The van der Waals surface area contributed by atoms with E-state index >= 15 is 4.39 Å². The highest BCUT2D eigenvalue weighted by molar-refractivity contribution is 5.72. The van der Waals surface area contributed by atoms with Gasteiger partial charge in [0.05, 0.1) is 19.1 Å². The molecule has 0 spiro atoms. The molecule has 0 aliphatic carbocycles. The van der Waals surface area contributed by atoms with Gasteiger partial charge in [-0.1, -0.05) is 36.4 Å². The second kappa shape index (κ2) is 11.5. The van der Waals surface area contributed by atoms with Gasteiger partial charge in [-0.3, -0.25) is 4.79 Å². The highest BCUT2D eigenvalue weighted by Gasteiger charge is 2.29. The summed E-state index contributed by atoms with van der Waals surface area (Å²) in [5, 5.41) is 9.36. The first-order chi connectivity index (χ1) is 18.4. The van der Waals surface area contributed by atoms with Crippen LogP contribution in [0, 0.1) is 5.82 Å². The van der Waals surface area contributed by atoms with Gasteiger partial charge in [-0.05, 0) is 61.9 Å². The zero-order valence-corrected chi connectivity index (χ0v) is 21.6. The van der Waals surface area contributed by atoms with E-state index in [1.54, 1.807) is 37.3 Å². The smallest absolute Gasteiger partial charge is 0.307 e. The number of aliphatic carboxylic acids is 1. The van der Waals surface area contributed by atoms with Crippen LogP contribution in [0.3, 0.4) is 0 Å². The summed E-state index contributed by atoms with van der Waals surface area (Å²) in [6, 6.07) is 16.0. The molecule has 1 unspecified atom stereocenters. The number of nitrogens with two attached hydrogens (primary N) is 1. The lowest BCUT2D eigenvalue weighted by molar-refractivity contribution is -0.136. The lowest BCUT2D eigenvalue weighted by atomic mass is 9.90. The first-order valence-electron chi connectivity index (χ1n) is 13.3. The van der Waals surface area contributed by atoms with Gasteiger partial charge in [-0.25, -0.2) is 4.39 Å². The summed E-state index contributed by atoms with van der Waals surface area (Å²) in [7, 11) is 0. The second-order valence-corrected chi connectivity index (χ2v) is 10.1. The standard InChI is InChI=1S/C31H34FNO5/c1-19(33)24-8-4-9-25(30(24)32)22-16-21(11-12-23-7-5-14-36-23)31-26(17-22)28(13-15-37-31)38-27-10-3-2-6-20(27)18-29(34)35/h2-4,6,8-10,16-17,19,23,28H,5,7,11-15,18,33H2,1H3,(H,34,35)/t19-,23-,28?/m1/s1. The summed E-state index contributed by atoms with van der Waals surface area (Å²) in [6.45, 7) is 3.04. The summed E-state index contributed by atoms with van der Waals surface area (Å²) in [4.78, 5) is 11.4. The first kappa shape index (κ1) is 26.2. The molecule has 2 aliphatic rings. The molecule has 0 saturated carbocycles. The van der Waals surface area contributed by atoms with E-state index in [0.29, 0.717) is 35.5 Å². The van der Waals surface area contributed by atoms with E-state index in [-0.39, 0.29) is 24.4 Å². The second-order valence-electron chi connectivity index (χ2n) is 10.1. The van der Waals surface area contributed by atoms with Crippen LogP contribution in [-0.2, 0) is 22.4 Å². The number of aryl methyl sites for hydroxylation is 1. The van der Waals surface area contributed by atoms with Gasteiger partial charge in [0.1, 0.15) is 23.4 Å². The molecule has 3 aromatic rings. The molecule has 3 atom stereocenters. The molecule has 0 bridgehead atoms. The van der Waals surface area contributed by atoms with E-state index in [4.69, 9.17) is 19.9 Å². The normalized spacial score (nSPS) is 19.4. The molecule has 7 heteroatoms. The third kappa shape index (κ3) is 5.69. The zero-order valence-electron chi connectivity index (χ0n) is 21.6. The van der Waals surface area contributed by atoms with Crippen molar-refractivity contribution in [2.24, 2.45) is 5.73 Å². The number of carbonyl (C=O) groups is 1. The van der Waals surface area contributed by atoms with Crippen LogP contribution in [0.1, 0.15) is 67.0 Å². The van der Waals surface area contributed by atoms with Gasteiger partial charge in [-0.15, -0.1) is 0 Å². The Labute approximate surface area is 222 Å². The number of carboxylic acids is 1. The Morgan fingerprint density at radius 1 is 1.13 bits per heavy atom. The fourth-order valence-electron chi connectivity index (χ4n) is 5.41. The molecule has 1 saturated heterocycles. The molecule has 2 aliphatic heterocycles. The molecule has 38 heavy (non-hydrogen) atoms. The largest absolute Gasteiger partial charge is 0.493 e. The Balaban J connectivity index is 1.56. The van der Waals surface area contributed by atoms with Crippen molar-refractivity contribution in [1.29, 1.82) is 0 Å². The van der Waals surface area contributed by atoms with E-state index < -0.39 is 12.0 Å². The van der Waals surface area contributed by atoms with Gasteiger partial charge in [0.25, 0.3) is 0 Å². The number of hydrogen-bond donors (Lipinski definition) is 2. The van der Waals surface area contributed by atoms with E-state index in [0.717, 1.165) is 54.7 Å². The van der Waals surface area contributed by atoms with E-state index in [1.807, 2.05) is 24.3 Å². The van der Waals surface area contributed by atoms with E-state index in [2.05, 4.69) is 0 Å². The lowest BCUT2D eigenvalue weighted by Gasteiger charge is -2.30. The molecular formula is C31H34FNO5. The number of para-hydroxylation sites is 1. The minimum absolute atomic E-state index is 0.131. The number of benzene rings is 3. The molecule has 5 rings (SSSR count). The van der Waals surface area contributed by atoms with Crippen molar-refractivity contribution in [3.8, 4) is 22.6 Å². The Morgan fingerprint density at radius 2 is 1.97 bits per heavy atom. The molecule has 3 aromatic carbocycles. The summed E-state index contributed by atoms with van der Waals surface area (Å²) >= 11 is 0. The zero-order chi connectivity index (χ0) is 26.6. The third-order valence-corrected chi connectivity index (χ3v) is 7.34. The van der Waals surface area contributed by atoms with Crippen molar-refractivity contribution in [2.75, 3.05) is 13.2 Å². The fourth-order valence-corrected chi connectivity index (χ4v) is 5.41. The minimum atomic E-state index is -0.920. The number of fused-ring (bicyclic) bond motifs is 1. The van der Waals surface area contributed by atoms with Crippen molar-refractivity contribution in [3.05, 3.63) is 82.7 Å². The minimum Gasteiger partial charge on any atom is -0.493 e. The molecule has 0 radical (unpaired) electrons. The maximum atomic E-state index is 15.6. The van der Waals surface area contributed by atoms with Crippen molar-refractivity contribution in [3.63, 3.8) is 0 Å². The van der Waals surface area contributed by atoms with Crippen LogP contribution < -0.4 is 15.2 Å². The van der Waals surface area contributed by atoms with E-state index in [1.165, 1.54) is 0 Å². The van der Waals surface area contributed by atoms with Crippen LogP contribution in [-0.4, -0.2) is 30.4 Å². The van der Waals surface area contributed by atoms with Crippen LogP contribution in [0.5, 0.6) is 11.5 Å². The topological polar surface area (TPSA) is 91.0 Å². The summed E-state index contributed by atoms with van der Waals surface area (Å²) in [6.07, 6.45) is 4.01. The van der Waals surface area contributed by atoms with Crippen molar-refractivity contribution >= 4 is 5.97 Å². The van der Waals surface area contributed by atoms with Gasteiger partial charge in [-0.2, -0.15) is 0 Å². The molecule has 0 amide bonds. The lowest BCUT2D eigenvalue weighted by Crippen LogP contribution is -2.21. The average Bonchev–Trinajstić information content (AvgIpc) is 3.42. The quantitative estimate of drug-likeness (QED) is 0.352.